The van der Waals surface area contributed by atoms with Crippen LogP contribution in [-0.4, -0.2) is 20.1 Å². The summed E-state index contributed by atoms with van der Waals surface area (Å²) in [5.74, 6) is 1.17. The third-order valence-electron chi connectivity index (χ3n) is 4.27. The van der Waals surface area contributed by atoms with Gasteiger partial charge in [0.15, 0.2) is 5.76 Å². The molecule has 130 valence electrons. The summed E-state index contributed by atoms with van der Waals surface area (Å²) in [5, 5.41) is 3.81. The second kappa shape index (κ2) is 6.89. The van der Waals surface area contributed by atoms with Crippen LogP contribution in [0.3, 0.4) is 0 Å². The van der Waals surface area contributed by atoms with Gasteiger partial charge in [0.2, 0.25) is 0 Å². The zero-order chi connectivity index (χ0) is 18.0. The summed E-state index contributed by atoms with van der Waals surface area (Å²) < 4.78 is 16.3. The predicted octanol–water partition coefficient (Wildman–Crippen LogP) is 4.57. The number of carbonyl (C=O) groups excluding carboxylic acids is 1. The van der Waals surface area contributed by atoms with Gasteiger partial charge in [0.25, 0.3) is 5.91 Å². The molecule has 1 heterocycles. The maximum atomic E-state index is 12.7. The normalized spacial score (nSPS) is 10.7. The summed E-state index contributed by atoms with van der Waals surface area (Å²) in [6.45, 7) is 3.99. The number of carbonyl (C=O) groups is 1. The van der Waals surface area contributed by atoms with Crippen molar-refractivity contribution in [2.75, 3.05) is 19.5 Å². The second-order valence-electron chi connectivity index (χ2n) is 5.76. The highest BCUT2D eigenvalue weighted by atomic mass is 16.5. The highest BCUT2D eigenvalue weighted by Crippen LogP contribution is 2.31. The molecule has 0 aliphatic rings. The van der Waals surface area contributed by atoms with Gasteiger partial charge in [-0.25, -0.2) is 0 Å². The van der Waals surface area contributed by atoms with E-state index in [9.17, 15) is 4.79 Å². The highest BCUT2D eigenvalue weighted by molar-refractivity contribution is 6.07. The Hall–Kier alpha value is -2.95. The van der Waals surface area contributed by atoms with Crippen molar-refractivity contribution in [3.05, 3.63) is 53.3 Å². The molecular weight excluding hydrogens is 318 g/mol. The van der Waals surface area contributed by atoms with Crippen molar-refractivity contribution in [1.82, 2.24) is 0 Å². The van der Waals surface area contributed by atoms with Crippen LogP contribution in [0.5, 0.6) is 11.5 Å². The van der Waals surface area contributed by atoms with E-state index in [4.69, 9.17) is 13.9 Å². The molecule has 1 aromatic heterocycles. The third kappa shape index (κ3) is 3.18. The molecule has 1 N–H and O–H groups in total. The molecule has 3 rings (SSSR count). The van der Waals surface area contributed by atoms with Gasteiger partial charge in [-0.05, 0) is 43.2 Å². The van der Waals surface area contributed by atoms with E-state index in [0.717, 1.165) is 17.4 Å². The number of furan rings is 1. The van der Waals surface area contributed by atoms with Gasteiger partial charge in [0.1, 0.15) is 17.1 Å². The summed E-state index contributed by atoms with van der Waals surface area (Å²) in [6, 6.07) is 11.2. The van der Waals surface area contributed by atoms with Crippen LogP contribution in [0.15, 0.2) is 40.8 Å². The molecule has 0 spiro atoms. The second-order valence-corrected chi connectivity index (χ2v) is 5.76. The lowest BCUT2D eigenvalue weighted by atomic mass is 10.1. The molecule has 1 amide bonds. The molecule has 0 aliphatic carbocycles. The van der Waals surface area contributed by atoms with Gasteiger partial charge in [-0.1, -0.05) is 13.0 Å². The number of aryl methyl sites for hydroxylation is 2. The van der Waals surface area contributed by atoms with E-state index in [-0.39, 0.29) is 5.91 Å². The summed E-state index contributed by atoms with van der Waals surface area (Å²) in [7, 11) is 3.12. The van der Waals surface area contributed by atoms with E-state index in [0.29, 0.717) is 28.5 Å². The molecule has 0 unspecified atom stereocenters. The SMILES string of the molecule is CCc1ccc2oc(C(=O)Nc3ccc(OC)cc3OC)c(C)c2c1. The maximum absolute atomic E-state index is 12.7. The van der Waals surface area contributed by atoms with Crippen molar-refractivity contribution in [2.24, 2.45) is 0 Å². The monoisotopic (exact) mass is 339 g/mol. The minimum atomic E-state index is -0.310. The van der Waals surface area contributed by atoms with E-state index in [1.165, 1.54) is 5.56 Å². The van der Waals surface area contributed by atoms with Crippen molar-refractivity contribution in [3.8, 4) is 11.5 Å². The molecule has 0 saturated heterocycles. The average Bonchev–Trinajstić information content (AvgIpc) is 2.98. The Kier molecular flexibility index (Phi) is 4.65. The van der Waals surface area contributed by atoms with E-state index in [1.54, 1.807) is 32.4 Å². The Balaban J connectivity index is 1.94. The Bertz CT molecular complexity index is 927. The van der Waals surface area contributed by atoms with E-state index >= 15 is 0 Å². The van der Waals surface area contributed by atoms with Crippen LogP contribution in [0.2, 0.25) is 0 Å². The largest absolute Gasteiger partial charge is 0.497 e. The maximum Gasteiger partial charge on any atom is 0.291 e. The number of hydrogen-bond donors (Lipinski definition) is 1. The summed E-state index contributed by atoms with van der Waals surface area (Å²) in [6.07, 6.45) is 0.936. The smallest absolute Gasteiger partial charge is 0.291 e. The average molecular weight is 339 g/mol. The van der Waals surface area contributed by atoms with Gasteiger partial charge in [0.05, 0.1) is 19.9 Å². The lowest BCUT2D eigenvalue weighted by molar-refractivity contribution is 0.0997. The lowest BCUT2D eigenvalue weighted by Gasteiger charge is -2.11. The van der Waals surface area contributed by atoms with Crippen LogP contribution in [0.25, 0.3) is 11.0 Å². The quantitative estimate of drug-likeness (QED) is 0.739. The Morgan fingerprint density at radius 3 is 2.60 bits per heavy atom. The van der Waals surface area contributed by atoms with Crippen molar-refractivity contribution in [3.63, 3.8) is 0 Å². The van der Waals surface area contributed by atoms with Crippen molar-refractivity contribution < 1.29 is 18.7 Å². The number of anilines is 1. The number of nitrogens with one attached hydrogen (secondary N) is 1. The number of methoxy groups -OCH3 is 2. The number of amides is 1. The van der Waals surface area contributed by atoms with Crippen LogP contribution in [-0.2, 0) is 6.42 Å². The van der Waals surface area contributed by atoms with Gasteiger partial charge in [-0.15, -0.1) is 0 Å². The van der Waals surface area contributed by atoms with E-state index in [1.807, 2.05) is 19.1 Å². The number of hydrogen-bond acceptors (Lipinski definition) is 4. The first kappa shape index (κ1) is 16.9. The molecule has 0 bridgehead atoms. The van der Waals surface area contributed by atoms with E-state index < -0.39 is 0 Å². The minimum absolute atomic E-state index is 0.307. The fourth-order valence-corrected chi connectivity index (χ4v) is 2.79. The van der Waals surface area contributed by atoms with Gasteiger partial charge in [0, 0.05) is 17.0 Å². The zero-order valence-electron chi connectivity index (χ0n) is 14.8. The van der Waals surface area contributed by atoms with Crippen LogP contribution >= 0.6 is 0 Å². The van der Waals surface area contributed by atoms with Crippen molar-refractivity contribution in [2.45, 2.75) is 20.3 Å². The lowest BCUT2D eigenvalue weighted by Crippen LogP contribution is -2.13. The zero-order valence-corrected chi connectivity index (χ0v) is 14.8. The highest BCUT2D eigenvalue weighted by Gasteiger charge is 2.19. The van der Waals surface area contributed by atoms with Gasteiger partial charge in [-0.3, -0.25) is 4.79 Å². The molecule has 0 fully saturated rings. The topological polar surface area (TPSA) is 60.7 Å². The Labute approximate surface area is 146 Å². The molecule has 25 heavy (non-hydrogen) atoms. The molecule has 5 heteroatoms. The van der Waals surface area contributed by atoms with Gasteiger partial charge < -0.3 is 19.2 Å². The van der Waals surface area contributed by atoms with Crippen LogP contribution < -0.4 is 14.8 Å². The molecule has 0 radical (unpaired) electrons. The summed E-state index contributed by atoms with van der Waals surface area (Å²) >= 11 is 0. The first-order valence-electron chi connectivity index (χ1n) is 8.12. The fourth-order valence-electron chi connectivity index (χ4n) is 2.79. The number of rotatable bonds is 5. The van der Waals surface area contributed by atoms with Crippen LogP contribution in [0.4, 0.5) is 5.69 Å². The number of ether oxygens (including phenoxy) is 2. The molecule has 3 aromatic rings. The Morgan fingerprint density at radius 1 is 1.12 bits per heavy atom. The first-order valence-corrected chi connectivity index (χ1v) is 8.12. The minimum Gasteiger partial charge on any atom is -0.497 e. The third-order valence-corrected chi connectivity index (χ3v) is 4.27. The van der Waals surface area contributed by atoms with Gasteiger partial charge in [-0.2, -0.15) is 0 Å². The molecule has 2 aromatic carbocycles. The first-order chi connectivity index (χ1) is 12.1. The van der Waals surface area contributed by atoms with Crippen molar-refractivity contribution >= 4 is 22.6 Å². The van der Waals surface area contributed by atoms with E-state index in [2.05, 4.69) is 18.3 Å². The predicted molar refractivity (Wildman–Crippen MR) is 97.8 cm³/mol. The Morgan fingerprint density at radius 2 is 1.92 bits per heavy atom. The molecule has 0 atom stereocenters. The number of fused-ring (bicyclic) bond motifs is 1. The number of benzene rings is 2. The van der Waals surface area contributed by atoms with Crippen LogP contribution in [0, 0.1) is 6.92 Å². The molecular formula is C20H21NO4. The molecule has 0 aliphatic heterocycles. The summed E-state index contributed by atoms with van der Waals surface area (Å²) in [4.78, 5) is 12.7. The fraction of sp³-hybridized carbons (Fsp3) is 0.250. The molecule has 0 saturated carbocycles. The summed E-state index contributed by atoms with van der Waals surface area (Å²) in [5.41, 5.74) is 3.31. The van der Waals surface area contributed by atoms with Crippen molar-refractivity contribution in [1.29, 1.82) is 0 Å². The van der Waals surface area contributed by atoms with Crippen LogP contribution in [0.1, 0.15) is 28.6 Å². The molecule has 5 nitrogen and oxygen atoms in total. The van der Waals surface area contributed by atoms with Gasteiger partial charge >= 0.3 is 0 Å². The standard InChI is InChI=1S/C20H21NO4/c1-5-13-6-9-17-15(10-13)12(2)19(25-17)20(22)21-16-8-7-14(23-3)11-18(16)24-4/h6-11H,5H2,1-4H3,(H,21,22).